The van der Waals surface area contributed by atoms with Crippen LogP contribution >= 0.6 is 0 Å². The van der Waals surface area contributed by atoms with E-state index >= 15 is 0 Å². The smallest absolute Gasteiger partial charge is 0.303 e. The number of rotatable bonds is 6. The summed E-state index contributed by atoms with van der Waals surface area (Å²) in [5, 5.41) is 26.7. The Morgan fingerprint density at radius 2 is 2.25 bits per heavy atom. The van der Waals surface area contributed by atoms with E-state index in [1.807, 2.05) is 0 Å². The molecule has 0 amide bonds. The van der Waals surface area contributed by atoms with E-state index in [-0.39, 0.29) is 13.0 Å². The summed E-state index contributed by atoms with van der Waals surface area (Å²) in [6.07, 6.45) is 2.36. The van der Waals surface area contributed by atoms with Gasteiger partial charge in [-0.05, 0) is 31.7 Å². The highest BCUT2D eigenvalue weighted by Gasteiger charge is 2.21. The van der Waals surface area contributed by atoms with Crippen molar-refractivity contribution >= 4 is 5.97 Å². The van der Waals surface area contributed by atoms with Gasteiger partial charge >= 0.3 is 5.97 Å². The molecule has 1 aliphatic heterocycles. The summed E-state index contributed by atoms with van der Waals surface area (Å²) in [5.74, 6) is -0.330. The molecule has 2 unspecified atom stereocenters. The van der Waals surface area contributed by atoms with Crippen molar-refractivity contribution in [3.8, 4) is 0 Å². The molecule has 1 heterocycles. The quantitative estimate of drug-likeness (QED) is 0.595. The second-order valence-corrected chi connectivity index (χ2v) is 4.54. The van der Waals surface area contributed by atoms with Gasteiger partial charge in [-0.25, -0.2) is 0 Å². The maximum absolute atomic E-state index is 10.5. The fourth-order valence-corrected chi connectivity index (χ4v) is 2.24. The van der Waals surface area contributed by atoms with Crippen molar-refractivity contribution in [1.82, 2.24) is 4.90 Å². The molecular weight excluding hydrogens is 210 g/mol. The van der Waals surface area contributed by atoms with Crippen LogP contribution in [0.5, 0.6) is 0 Å². The molecule has 16 heavy (non-hydrogen) atoms. The summed E-state index contributed by atoms with van der Waals surface area (Å²) >= 11 is 0. The lowest BCUT2D eigenvalue weighted by Gasteiger charge is -2.33. The lowest BCUT2D eigenvalue weighted by molar-refractivity contribution is -0.137. The van der Waals surface area contributed by atoms with Gasteiger partial charge in [0, 0.05) is 19.5 Å². The van der Waals surface area contributed by atoms with E-state index in [0.29, 0.717) is 18.9 Å². The molecule has 3 N–H and O–H groups in total. The van der Waals surface area contributed by atoms with Gasteiger partial charge in [-0.2, -0.15) is 0 Å². The van der Waals surface area contributed by atoms with Gasteiger partial charge in [-0.1, -0.05) is 0 Å². The summed E-state index contributed by atoms with van der Waals surface area (Å²) in [6, 6.07) is 0. The first-order valence-electron chi connectivity index (χ1n) is 5.85. The van der Waals surface area contributed by atoms with Crippen LogP contribution in [0.2, 0.25) is 0 Å². The Morgan fingerprint density at radius 1 is 1.50 bits per heavy atom. The summed E-state index contributed by atoms with van der Waals surface area (Å²) in [7, 11) is 0. The van der Waals surface area contributed by atoms with Crippen molar-refractivity contribution in [3.05, 3.63) is 0 Å². The Balaban J connectivity index is 2.26. The number of hydrogen-bond acceptors (Lipinski definition) is 4. The topological polar surface area (TPSA) is 81.0 Å². The van der Waals surface area contributed by atoms with Gasteiger partial charge in [0.25, 0.3) is 0 Å². The predicted molar refractivity (Wildman–Crippen MR) is 59.1 cm³/mol. The van der Waals surface area contributed by atoms with Crippen LogP contribution in [-0.2, 0) is 4.79 Å². The molecule has 1 saturated heterocycles. The van der Waals surface area contributed by atoms with Crippen molar-refractivity contribution < 1.29 is 20.1 Å². The molecule has 5 heteroatoms. The molecule has 94 valence electrons. The molecular formula is C11H21NO4. The third-order valence-electron chi connectivity index (χ3n) is 3.05. The maximum atomic E-state index is 10.5. The summed E-state index contributed by atoms with van der Waals surface area (Å²) in [6.45, 7) is 2.04. The van der Waals surface area contributed by atoms with Crippen molar-refractivity contribution in [3.63, 3.8) is 0 Å². The minimum Gasteiger partial charge on any atom is -0.481 e. The number of β-amino-alcohol motifs (C(OH)–C–C–N with tert-alkyl or cyclic N) is 1. The lowest BCUT2D eigenvalue weighted by atomic mass is 9.93. The van der Waals surface area contributed by atoms with Gasteiger partial charge in [-0.15, -0.1) is 0 Å². The van der Waals surface area contributed by atoms with Crippen LogP contribution in [-0.4, -0.2) is 58.5 Å². The Bertz CT molecular complexity index is 222. The summed E-state index contributed by atoms with van der Waals surface area (Å²) in [4.78, 5) is 12.6. The number of nitrogens with zero attached hydrogens (tertiary/aromatic N) is 1. The summed E-state index contributed by atoms with van der Waals surface area (Å²) < 4.78 is 0. The molecule has 1 aliphatic rings. The van der Waals surface area contributed by atoms with Gasteiger partial charge in [0.15, 0.2) is 0 Å². The number of aliphatic hydroxyl groups excluding tert-OH is 2. The zero-order valence-corrected chi connectivity index (χ0v) is 9.51. The van der Waals surface area contributed by atoms with Gasteiger partial charge in [0.2, 0.25) is 0 Å². The lowest BCUT2D eigenvalue weighted by Crippen LogP contribution is -2.41. The maximum Gasteiger partial charge on any atom is 0.303 e. The van der Waals surface area contributed by atoms with Crippen molar-refractivity contribution in [2.24, 2.45) is 5.92 Å². The standard InChI is InChI=1S/C11H21NO4/c13-8-10(14)7-12-5-1-2-9(6-12)3-4-11(15)16/h9-10,13-14H,1-8H2,(H,15,16). The molecule has 0 aromatic heterocycles. The fourth-order valence-electron chi connectivity index (χ4n) is 2.24. The number of piperidine rings is 1. The highest BCUT2D eigenvalue weighted by atomic mass is 16.4. The number of aliphatic carboxylic acids is 1. The fraction of sp³-hybridized carbons (Fsp3) is 0.909. The largest absolute Gasteiger partial charge is 0.481 e. The molecule has 0 spiro atoms. The van der Waals surface area contributed by atoms with E-state index in [9.17, 15) is 9.90 Å². The highest BCUT2D eigenvalue weighted by molar-refractivity contribution is 5.66. The van der Waals surface area contributed by atoms with Crippen LogP contribution in [0.4, 0.5) is 0 Å². The van der Waals surface area contributed by atoms with E-state index in [1.54, 1.807) is 0 Å². The molecule has 0 aromatic rings. The van der Waals surface area contributed by atoms with Crippen molar-refractivity contribution in [1.29, 1.82) is 0 Å². The van der Waals surface area contributed by atoms with Crippen molar-refractivity contribution in [2.45, 2.75) is 31.8 Å². The molecule has 0 saturated carbocycles. The van der Waals surface area contributed by atoms with Gasteiger partial charge < -0.3 is 20.2 Å². The Kier molecular flexibility index (Phi) is 5.73. The number of likely N-dealkylation sites (tertiary alicyclic amines) is 1. The molecule has 0 aliphatic carbocycles. The molecule has 2 atom stereocenters. The first kappa shape index (κ1) is 13.4. The van der Waals surface area contributed by atoms with Crippen LogP contribution in [0.15, 0.2) is 0 Å². The normalized spacial score (nSPS) is 24.2. The second-order valence-electron chi connectivity index (χ2n) is 4.54. The zero-order valence-electron chi connectivity index (χ0n) is 9.51. The van der Waals surface area contributed by atoms with Crippen LogP contribution in [0.25, 0.3) is 0 Å². The minimum absolute atomic E-state index is 0.212. The number of carboxylic acid groups (broad SMARTS) is 1. The third kappa shape index (κ3) is 4.92. The van der Waals surface area contributed by atoms with Gasteiger partial charge in [0.1, 0.15) is 0 Å². The van der Waals surface area contributed by atoms with E-state index in [4.69, 9.17) is 10.2 Å². The van der Waals surface area contributed by atoms with Crippen LogP contribution in [0.3, 0.4) is 0 Å². The monoisotopic (exact) mass is 231 g/mol. The predicted octanol–water partition coefficient (Wildman–Crippen LogP) is -0.0836. The number of aliphatic hydroxyl groups is 2. The SMILES string of the molecule is O=C(O)CCC1CCCN(CC(O)CO)C1. The molecule has 0 aromatic carbocycles. The molecule has 0 bridgehead atoms. The van der Waals surface area contributed by atoms with E-state index in [2.05, 4.69) is 4.90 Å². The van der Waals surface area contributed by atoms with Crippen molar-refractivity contribution in [2.75, 3.05) is 26.2 Å². The zero-order chi connectivity index (χ0) is 12.0. The molecule has 1 rings (SSSR count). The highest BCUT2D eigenvalue weighted by Crippen LogP contribution is 2.20. The molecule has 1 fully saturated rings. The number of carbonyl (C=O) groups is 1. The Labute approximate surface area is 95.7 Å². The Hall–Kier alpha value is -0.650. The molecule has 0 radical (unpaired) electrons. The number of carboxylic acids is 1. The average molecular weight is 231 g/mol. The summed E-state index contributed by atoms with van der Waals surface area (Å²) in [5.41, 5.74) is 0. The van der Waals surface area contributed by atoms with E-state index in [1.165, 1.54) is 0 Å². The number of hydrogen-bond donors (Lipinski definition) is 3. The van der Waals surface area contributed by atoms with Crippen LogP contribution < -0.4 is 0 Å². The third-order valence-corrected chi connectivity index (χ3v) is 3.05. The van der Waals surface area contributed by atoms with Crippen LogP contribution in [0.1, 0.15) is 25.7 Å². The minimum atomic E-state index is -0.743. The van der Waals surface area contributed by atoms with Gasteiger partial charge in [0.05, 0.1) is 12.7 Å². The van der Waals surface area contributed by atoms with Gasteiger partial charge in [-0.3, -0.25) is 4.79 Å². The van der Waals surface area contributed by atoms with E-state index < -0.39 is 12.1 Å². The second kappa shape index (κ2) is 6.83. The first-order chi connectivity index (χ1) is 7.61. The Morgan fingerprint density at radius 3 is 2.88 bits per heavy atom. The van der Waals surface area contributed by atoms with E-state index in [0.717, 1.165) is 25.9 Å². The first-order valence-corrected chi connectivity index (χ1v) is 5.85. The van der Waals surface area contributed by atoms with Crippen LogP contribution in [0, 0.1) is 5.92 Å². The average Bonchev–Trinajstić information content (AvgIpc) is 2.26. The molecule has 5 nitrogen and oxygen atoms in total.